The van der Waals surface area contributed by atoms with Gasteiger partial charge in [0.05, 0.1) is 19.3 Å². The van der Waals surface area contributed by atoms with Crippen molar-refractivity contribution in [2.75, 3.05) is 52.5 Å². The number of carbonyl (C=O) groups is 2. The van der Waals surface area contributed by atoms with Crippen LogP contribution in [0.4, 0.5) is 0 Å². The molecule has 2 aliphatic heterocycles. The minimum atomic E-state index is -0.160. The highest BCUT2D eigenvalue weighted by Crippen LogP contribution is 2.12. The molecule has 0 radical (unpaired) electrons. The van der Waals surface area contributed by atoms with Gasteiger partial charge in [0.25, 0.3) is 5.91 Å². The Balaban J connectivity index is 1.54. The molecule has 0 N–H and O–H groups in total. The molecule has 3 rings (SSSR count). The molecule has 0 spiro atoms. The molecule has 0 unspecified atom stereocenters. The lowest BCUT2D eigenvalue weighted by molar-refractivity contribution is -0.141. The molecular formula is C18H26N4O3. The van der Waals surface area contributed by atoms with Crippen LogP contribution in [0.5, 0.6) is 0 Å². The lowest BCUT2D eigenvalue weighted by Gasteiger charge is -2.39. The van der Waals surface area contributed by atoms with Crippen molar-refractivity contribution >= 4 is 11.8 Å². The topological polar surface area (TPSA) is 66.0 Å². The molecule has 136 valence electrons. The molecule has 2 amide bonds. The van der Waals surface area contributed by atoms with Crippen molar-refractivity contribution in [2.24, 2.45) is 0 Å². The number of carbonyl (C=O) groups excluding carboxylic acids is 2. The zero-order chi connectivity index (χ0) is 17.8. The highest BCUT2D eigenvalue weighted by atomic mass is 16.5. The van der Waals surface area contributed by atoms with Crippen LogP contribution in [0.3, 0.4) is 0 Å². The summed E-state index contributed by atoms with van der Waals surface area (Å²) in [6, 6.07) is 5.34. The Morgan fingerprint density at radius 1 is 1.04 bits per heavy atom. The van der Waals surface area contributed by atoms with Crippen molar-refractivity contribution in [2.45, 2.75) is 19.9 Å². The first kappa shape index (κ1) is 17.8. The van der Waals surface area contributed by atoms with E-state index in [0.29, 0.717) is 58.2 Å². The Hall–Kier alpha value is -1.99. The molecule has 1 atom stereocenters. The smallest absolute Gasteiger partial charge is 0.272 e. The Morgan fingerprint density at radius 2 is 1.72 bits per heavy atom. The van der Waals surface area contributed by atoms with Crippen molar-refractivity contribution in [3.05, 3.63) is 29.6 Å². The summed E-state index contributed by atoms with van der Waals surface area (Å²) in [6.07, 6.45) is 0. The van der Waals surface area contributed by atoms with E-state index in [1.807, 2.05) is 35.8 Å². The predicted molar refractivity (Wildman–Crippen MR) is 93.3 cm³/mol. The molecular weight excluding hydrogens is 320 g/mol. The fourth-order valence-corrected chi connectivity index (χ4v) is 3.34. The summed E-state index contributed by atoms with van der Waals surface area (Å²) < 4.78 is 5.31. The first-order chi connectivity index (χ1) is 12.1. The average Bonchev–Trinajstić information content (AvgIpc) is 2.67. The van der Waals surface area contributed by atoms with E-state index in [-0.39, 0.29) is 17.9 Å². The van der Waals surface area contributed by atoms with Gasteiger partial charge in [-0.2, -0.15) is 0 Å². The second-order valence-electron chi connectivity index (χ2n) is 6.61. The van der Waals surface area contributed by atoms with Gasteiger partial charge in [-0.25, -0.2) is 4.98 Å². The van der Waals surface area contributed by atoms with Crippen LogP contribution in [0.1, 0.15) is 23.1 Å². The number of morpholine rings is 1. The van der Waals surface area contributed by atoms with Crippen molar-refractivity contribution in [1.29, 1.82) is 0 Å². The Bertz CT molecular complexity index is 623. The van der Waals surface area contributed by atoms with Gasteiger partial charge in [-0.05, 0) is 26.0 Å². The van der Waals surface area contributed by atoms with Gasteiger partial charge in [-0.3, -0.25) is 14.5 Å². The van der Waals surface area contributed by atoms with Crippen LogP contribution in [-0.2, 0) is 9.53 Å². The maximum atomic E-state index is 12.6. The molecule has 25 heavy (non-hydrogen) atoms. The number of amides is 2. The maximum Gasteiger partial charge on any atom is 0.272 e. The van der Waals surface area contributed by atoms with E-state index in [2.05, 4.69) is 9.88 Å². The van der Waals surface area contributed by atoms with E-state index in [9.17, 15) is 9.59 Å². The van der Waals surface area contributed by atoms with Gasteiger partial charge in [-0.1, -0.05) is 6.07 Å². The number of aryl methyl sites for hydroxylation is 1. The van der Waals surface area contributed by atoms with Gasteiger partial charge in [0.15, 0.2) is 0 Å². The van der Waals surface area contributed by atoms with Gasteiger partial charge < -0.3 is 14.5 Å². The summed E-state index contributed by atoms with van der Waals surface area (Å²) in [4.78, 5) is 35.3. The van der Waals surface area contributed by atoms with Crippen molar-refractivity contribution in [3.63, 3.8) is 0 Å². The molecule has 2 saturated heterocycles. The number of hydrogen-bond donors (Lipinski definition) is 0. The van der Waals surface area contributed by atoms with Gasteiger partial charge in [0.1, 0.15) is 5.69 Å². The number of pyridine rings is 1. The first-order valence-corrected chi connectivity index (χ1v) is 8.90. The molecule has 2 aliphatic rings. The number of nitrogens with zero attached hydrogens (tertiary/aromatic N) is 4. The quantitative estimate of drug-likeness (QED) is 0.792. The SMILES string of the molecule is Cc1cccc(C(=O)N2CCN([C@H](C)C(=O)N3CCOCC3)CC2)n1. The van der Waals surface area contributed by atoms with E-state index in [1.54, 1.807) is 6.07 Å². The van der Waals surface area contributed by atoms with E-state index in [1.165, 1.54) is 0 Å². The number of piperazine rings is 1. The molecule has 3 heterocycles. The molecule has 0 aromatic carbocycles. The molecule has 1 aromatic heterocycles. The van der Waals surface area contributed by atoms with Gasteiger partial charge >= 0.3 is 0 Å². The summed E-state index contributed by atoms with van der Waals surface area (Å²) in [6.45, 7) is 9.05. The Labute approximate surface area is 148 Å². The highest BCUT2D eigenvalue weighted by Gasteiger charge is 2.31. The highest BCUT2D eigenvalue weighted by molar-refractivity contribution is 5.92. The molecule has 7 heteroatoms. The van der Waals surface area contributed by atoms with E-state index in [4.69, 9.17) is 4.74 Å². The summed E-state index contributed by atoms with van der Waals surface area (Å²) in [5, 5.41) is 0. The van der Waals surface area contributed by atoms with E-state index >= 15 is 0 Å². The van der Waals surface area contributed by atoms with E-state index < -0.39 is 0 Å². The minimum Gasteiger partial charge on any atom is -0.378 e. The molecule has 1 aromatic rings. The second-order valence-corrected chi connectivity index (χ2v) is 6.61. The standard InChI is InChI=1S/C18H26N4O3/c1-14-4-3-5-16(19-14)18(24)21-8-6-20(7-9-21)15(2)17(23)22-10-12-25-13-11-22/h3-5,15H,6-13H2,1-2H3/t15-/m1/s1. The van der Waals surface area contributed by atoms with Crippen LogP contribution < -0.4 is 0 Å². The lowest BCUT2D eigenvalue weighted by atomic mass is 10.2. The molecule has 7 nitrogen and oxygen atoms in total. The summed E-state index contributed by atoms with van der Waals surface area (Å²) >= 11 is 0. The van der Waals surface area contributed by atoms with Crippen molar-refractivity contribution < 1.29 is 14.3 Å². The van der Waals surface area contributed by atoms with Crippen molar-refractivity contribution in [1.82, 2.24) is 19.7 Å². The van der Waals surface area contributed by atoms with Gasteiger partial charge in [0.2, 0.25) is 5.91 Å². The van der Waals surface area contributed by atoms with Gasteiger partial charge in [0, 0.05) is 45.0 Å². The van der Waals surface area contributed by atoms with Crippen LogP contribution in [0.15, 0.2) is 18.2 Å². The third kappa shape index (κ3) is 4.16. The summed E-state index contributed by atoms with van der Waals surface area (Å²) in [7, 11) is 0. The maximum absolute atomic E-state index is 12.6. The van der Waals surface area contributed by atoms with E-state index in [0.717, 1.165) is 5.69 Å². The van der Waals surface area contributed by atoms with Gasteiger partial charge in [-0.15, -0.1) is 0 Å². The largest absolute Gasteiger partial charge is 0.378 e. The molecule has 2 fully saturated rings. The normalized spacial score (nSPS) is 20.4. The molecule has 0 saturated carbocycles. The van der Waals surface area contributed by atoms with Crippen LogP contribution in [-0.4, -0.2) is 90.0 Å². The Morgan fingerprint density at radius 3 is 2.36 bits per heavy atom. The average molecular weight is 346 g/mol. The second kappa shape index (κ2) is 7.93. The fraction of sp³-hybridized carbons (Fsp3) is 0.611. The lowest BCUT2D eigenvalue weighted by Crippen LogP contribution is -2.56. The van der Waals surface area contributed by atoms with Crippen LogP contribution in [0, 0.1) is 6.92 Å². The number of aromatic nitrogens is 1. The number of ether oxygens (including phenoxy) is 1. The van der Waals surface area contributed by atoms with Crippen molar-refractivity contribution in [3.8, 4) is 0 Å². The molecule has 0 aliphatic carbocycles. The Kier molecular flexibility index (Phi) is 5.65. The first-order valence-electron chi connectivity index (χ1n) is 8.90. The number of hydrogen-bond acceptors (Lipinski definition) is 5. The summed E-state index contributed by atoms with van der Waals surface area (Å²) in [5.41, 5.74) is 1.33. The fourth-order valence-electron chi connectivity index (χ4n) is 3.34. The predicted octanol–water partition coefficient (Wildman–Crippen LogP) is 0.395. The third-order valence-corrected chi connectivity index (χ3v) is 4.94. The number of rotatable bonds is 3. The third-order valence-electron chi connectivity index (χ3n) is 4.94. The van der Waals surface area contributed by atoms with Crippen LogP contribution in [0.25, 0.3) is 0 Å². The van der Waals surface area contributed by atoms with Crippen LogP contribution in [0.2, 0.25) is 0 Å². The minimum absolute atomic E-state index is 0.0319. The zero-order valence-electron chi connectivity index (χ0n) is 15.0. The summed E-state index contributed by atoms with van der Waals surface area (Å²) in [5.74, 6) is 0.124. The zero-order valence-corrected chi connectivity index (χ0v) is 15.0. The monoisotopic (exact) mass is 346 g/mol. The molecule has 0 bridgehead atoms. The van der Waals surface area contributed by atoms with Crippen LogP contribution >= 0.6 is 0 Å².